The van der Waals surface area contributed by atoms with Crippen LogP contribution in [0.5, 0.6) is 5.88 Å². The van der Waals surface area contributed by atoms with Crippen molar-refractivity contribution in [1.82, 2.24) is 19.6 Å². The van der Waals surface area contributed by atoms with Crippen molar-refractivity contribution in [2.75, 3.05) is 6.61 Å². The molecule has 0 atom stereocenters. The normalized spacial score (nSPS) is 10.6. The summed E-state index contributed by atoms with van der Waals surface area (Å²) in [6, 6.07) is 1.37. The largest absolute Gasteiger partial charge is 0.493 e. The summed E-state index contributed by atoms with van der Waals surface area (Å²) < 4.78 is 6.11. The number of carbonyl (C=O) groups is 1. The van der Waals surface area contributed by atoms with Gasteiger partial charge in [0.05, 0.1) is 18.7 Å². The van der Waals surface area contributed by atoms with Gasteiger partial charge in [0.25, 0.3) is 5.78 Å². The first-order valence-electron chi connectivity index (χ1n) is 5.25. The van der Waals surface area contributed by atoms with Crippen molar-refractivity contribution in [2.24, 2.45) is 0 Å². The maximum atomic E-state index is 11.4. The highest BCUT2D eigenvalue weighted by Gasteiger charge is 2.10. The van der Waals surface area contributed by atoms with Crippen LogP contribution in [0.2, 0.25) is 0 Å². The van der Waals surface area contributed by atoms with E-state index in [1.165, 1.54) is 16.9 Å². The Kier molecular flexibility index (Phi) is 3.17. The van der Waals surface area contributed by atoms with Gasteiger partial charge in [-0.15, -0.1) is 0 Å². The molecule has 0 radical (unpaired) electrons. The smallest absolute Gasteiger partial charge is 0.311 e. The lowest BCUT2D eigenvalue weighted by molar-refractivity contribution is -0.142. The molecule has 17 heavy (non-hydrogen) atoms. The summed E-state index contributed by atoms with van der Waals surface area (Å²) in [7, 11) is 0. The zero-order valence-corrected chi connectivity index (χ0v) is 9.33. The zero-order valence-electron chi connectivity index (χ0n) is 9.33. The van der Waals surface area contributed by atoms with Crippen LogP contribution < -0.4 is 0 Å². The average Bonchev–Trinajstić information content (AvgIpc) is 2.75. The molecule has 0 bridgehead atoms. The number of esters is 1. The Bertz CT molecular complexity index is 537. The highest BCUT2D eigenvalue weighted by molar-refractivity contribution is 5.72. The predicted octanol–water partition coefficient (Wildman–Crippen LogP) is 0.326. The van der Waals surface area contributed by atoms with E-state index in [9.17, 15) is 9.90 Å². The van der Waals surface area contributed by atoms with Gasteiger partial charge in [-0.1, -0.05) is 6.92 Å². The van der Waals surface area contributed by atoms with Gasteiger partial charge in [-0.25, -0.2) is 4.98 Å². The second-order valence-electron chi connectivity index (χ2n) is 3.47. The minimum absolute atomic E-state index is 0.0108. The van der Waals surface area contributed by atoms with Crippen LogP contribution in [0, 0.1) is 0 Å². The lowest BCUT2D eigenvalue weighted by Crippen LogP contribution is -2.10. The van der Waals surface area contributed by atoms with E-state index < -0.39 is 0 Å². The number of aromatic hydroxyl groups is 1. The molecule has 1 N–H and O–H groups in total. The molecular weight excluding hydrogens is 224 g/mol. The molecular formula is C10H12N4O3. The maximum Gasteiger partial charge on any atom is 0.311 e. The molecule has 2 rings (SSSR count). The van der Waals surface area contributed by atoms with Crippen LogP contribution in [0.25, 0.3) is 5.78 Å². The number of fused-ring (bicyclic) bond motifs is 1. The molecule has 7 heteroatoms. The van der Waals surface area contributed by atoms with Crippen LogP contribution in [-0.2, 0) is 16.0 Å². The van der Waals surface area contributed by atoms with E-state index in [0.717, 1.165) is 6.42 Å². The Morgan fingerprint density at radius 3 is 3.18 bits per heavy atom. The topological polar surface area (TPSA) is 89.6 Å². The lowest BCUT2D eigenvalue weighted by Gasteiger charge is -2.03. The fourth-order valence-electron chi connectivity index (χ4n) is 1.35. The molecule has 0 fully saturated rings. The molecule has 2 aromatic heterocycles. The van der Waals surface area contributed by atoms with Gasteiger partial charge in [0.2, 0.25) is 5.88 Å². The number of ether oxygens (including phenoxy) is 1. The number of carbonyl (C=O) groups excluding carboxylic acids is 1. The Labute approximate surface area is 97.1 Å². The molecule has 0 spiro atoms. The molecule has 0 aromatic carbocycles. The van der Waals surface area contributed by atoms with Crippen molar-refractivity contribution >= 4 is 11.7 Å². The van der Waals surface area contributed by atoms with Gasteiger partial charge < -0.3 is 9.84 Å². The predicted molar refractivity (Wildman–Crippen MR) is 57.4 cm³/mol. The standard InChI is InChI=1S/C10H12N4O3/c1-2-3-17-9(16)5-7-4-8(15)14-10(13-7)11-6-12-14/h4,6,15H,2-3,5H2,1H3. The third kappa shape index (κ3) is 2.49. The van der Waals surface area contributed by atoms with Gasteiger partial charge in [-0.2, -0.15) is 14.6 Å². The highest BCUT2D eigenvalue weighted by Crippen LogP contribution is 2.11. The van der Waals surface area contributed by atoms with Crippen molar-refractivity contribution in [3.8, 4) is 5.88 Å². The third-order valence-corrected chi connectivity index (χ3v) is 2.08. The van der Waals surface area contributed by atoms with Crippen LogP contribution in [-0.4, -0.2) is 37.3 Å². The van der Waals surface area contributed by atoms with Crippen molar-refractivity contribution in [3.63, 3.8) is 0 Å². The van der Waals surface area contributed by atoms with Crippen LogP contribution >= 0.6 is 0 Å². The van der Waals surface area contributed by atoms with Crippen LogP contribution in [0.4, 0.5) is 0 Å². The summed E-state index contributed by atoms with van der Waals surface area (Å²) in [5.41, 5.74) is 0.407. The third-order valence-electron chi connectivity index (χ3n) is 2.08. The molecule has 0 aliphatic carbocycles. The molecule has 0 saturated carbocycles. The van der Waals surface area contributed by atoms with Crippen molar-refractivity contribution in [3.05, 3.63) is 18.1 Å². The van der Waals surface area contributed by atoms with Gasteiger partial charge >= 0.3 is 5.97 Å². The van der Waals surface area contributed by atoms with E-state index >= 15 is 0 Å². The second kappa shape index (κ2) is 4.77. The molecule has 0 saturated heterocycles. The Balaban J connectivity index is 2.16. The van der Waals surface area contributed by atoms with E-state index in [2.05, 4.69) is 15.1 Å². The molecule has 0 unspecified atom stereocenters. The molecule has 7 nitrogen and oxygen atoms in total. The fourth-order valence-corrected chi connectivity index (χ4v) is 1.35. The van der Waals surface area contributed by atoms with Crippen molar-refractivity contribution in [2.45, 2.75) is 19.8 Å². The Morgan fingerprint density at radius 2 is 2.41 bits per heavy atom. The molecule has 0 aliphatic rings. The molecule has 0 amide bonds. The molecule has 0 aliphatic heterocycles. The molecule has 2 aromatic rings. The first-order chi connectivity index (χ1) is 8.20. The Morgan fingerprint density at radius 1 is 1.59 bits per heavy atom. The van der Waals surface area contributed by atoms with E-state index in [-0.39, 0.29) is 24.0 Å². The van der Waals surface area contributed by atoms with Gasteiger partial charge in [0.15, 0.2) is 0 Å². The number of hydrogen-bond acceptors (Lipinski definition) is 6. The van der Waals surface area contributed by atoms with Crippen LogP contribution in [0.3, 0.4) is 0 Å². The van der Waals surface area contributed by atoms with Gasteiger partial charge in [0.1, 0.15) is 6.33 Å². The summed E-state index contributed by atoms with van der Waals surface area (Å²) in [6.07, 6.45) is 2.06. The number of rotatable bonds is 4. The summed E-state index contributed by atoms with van der Waals surface area (Å²) in [4.78, 5) is 19.3. The highest BCUT2D eigenvalue weighted by atomic mass is 16.5. The first-order valence-corrected chi connectivity index (χ1v) is 5.25. The summed E-state index contributed by atoms with van der Waals surface area (Å²) >= 11 is 0. The monoisotopic (exact) mass is 236 g/mol. The first kappa shape index (κ1) is 11.3. The average molecular weight is 236 g/mol. The van der Waals surface area contributed by atoms with Crippen LogP contribution in [0.15, 0.2) is 12.4 Å². The number of nitrogens with zero attached hydrogens (tertiary/aromatic N) is 4. The van der Waals surface area contributed by atoms with Crippen molar-refractivity contribution in [1.29, 1.82) is 0 Å². The lowest BCUT2D eigenvalue weighted by atomic mass is 10.3. The second-order valence-corrected chi connectivity index (χ2v) is 3.47. The van der Waals surface area contributed by atoms with Gasteiger partial charge in [-0.05, 0) is 6.42 Å². The number of aromatic nitrogens is 4. The van der Waals surface area contributed by atoms with E-state index in [1.54, 1.807) is 0 Å². The zero-order chi connectivity index (χ0) is 12.3. The quantitative estimate of drug-likeness (QED) is 0.769. The number of hydrogen-bond donors (Lipinski definition) is 1. The van der Waals surface area contributed by atoms with Crippen molar-refractivity contribution < 1.29 is 14.6 Å². The minimum Gasteiger partial charge on any atom is -0.493 e. The van der Waals surface area contributed by atoms with Gasteiger partial charge in [0, 0.05) is 6.07 Å². The van der Waals surface area contributed by atoms with E-state index in [1.807, 2.05) is 6.92 Å². The summed E-state index contributed by atoms with van der Waals surface area (Å²) in [6.45, 7) is 2.30. The maximum absolute atomic E-state index is 11.4. The fraction of sp³-hybridized carbons (Fsp3) is 0.400. The summed E-state index contributed by atoms with van der Waals surface area (Å²) in [5, 5.41) is 13.4. The Hall–Kier alpha value is -2.18. The molecule has 90 valence electrons. The van der Waals surface area contributed by atoms with Crippen LogP contribution in [0.1, 0.15) is 19.0 Å². The van der Waals surface area contributed by atoms with E-state index in [4.69, 9.17) is 4.74 Å². The van der Waals surface area contributed by atoms with Gasteiger partial charge in [-0.3, -0.25) is 4.79 Å². The SMILES string of the molecule is CCCOC(=O)Cc1cc(O)n2ncnc2n1. The molecule has 2 heterocycles. The summed E-state index contributed by atoms with van der Waals surface area (Å²) in [5.74, 6) is -0.225. The van der Waals surface area contributed by atoms with E-state index in [0.29, 0.717) is 12.3 Å². The minimum atomic E-state index is -0.373.